The first-order valence-electron chi connectivity index (χ1n) is 7.62. The van der Waals surface area contributed by atoms with Gasteiger partial charge >= 0.3 is 0 Å². The minimum atomic E-state index is 0.537. The fourth-order valence-corrected chi connectivity index (χ4v) is 2.92. The summed E-state index contributed by atoms with van der Waals surface area (Å²) < 4.78 is 7.22. The molecule has 4 rings (SSSR count). The third kappa shape index (κ3) is 3.01. The summed E-state index contributed by atoms with van der Waals surface area (Å²) in [6.45, 7) is 0.661. The van der Waals surface area contributed by atoms with Crippen LogP contribution in [0.3, 0.4) is 0 Å². The molecule has 0 unspecified atom stereocenters. The number of nitrogens with one attached hydrogen (secondary N) is 2. The van der Waals surface area contributed by atoms with Crippen molar-refractivity contribution in [2.45, 2.75) is 6.54 Å². The van der Waals surface area contributed by atoms with Crippen molar-refractivity contribution >= 4 is 34.1 Å². The molecule has 0 saturated heterocycles. The number of rotatable bonds is 5. The highest BCUT2D eigenvalue weighted by Crippen LogP contribution is 2.30. The number of ether oxygens (including phenoxy) is 1. The number of hydrogen-bond donors (Lipinski definition) is 2. The molecule has 8 heteroatoms. The van der Waals surface area contributed by atoms with Gasteiger partial charge < -0.3 is 19.6 Å². The van der Waals surface area contributed by atoms with Crippen LogP contribution in [-0.4, -0.2) is 31.6 Å². The standard InChI is InChI=1S/C17H15ClN6O/c1-25-15-3-2-11(6-14(15)18)23-16-13-4-5-24(17(13)22-10-21-16)8-12-7-19-9-20-12/h2-7,9-10H,8H2,1H3,(H,19,20)(H,21,22,23). The van der Waals surface area contributed by atoms with Crippen molar-refractivity contribution in [3.05, 3.63) is 60.0 Å². The van der Waals surface area contributed by atoms with E-state index in [-0.39, 0.29) is 0 Å². The van der Waals surface area contributed by atoms with Gasteiger partial charge in [-0.05, 0) is 24.3 Å². The lowest BCUT2D eigenvalue weighted by Gasteiger charge is -2.09. The molecule has 1 aromatic carbocycles. The van der Waals surface area contributed by atoms with Gasteiger partial charge in [0.15, 0.2) is 0 Å². The van der Waals surface area contributed by atoms with Crippen LogP contribution in [0, 0.1) is 0 Å². The van der Waals surface area contributed by atoms with Gasteiger partial charge in [0.1, 0.15) is 23.5 Å². The normalized spacial score (nSPS) is 11.0. The zero-order valence-electron chi connectivity index (χ0n) is 13.4. The second kappa shape index (κ2) is 6.45. The molecule has 0 aliphatic rings. The van der Waals surface area contributed by atoms with Crippen LogP contribution in [0.25, 0.3) is 11.0 Å². The summed E-state index contributed by atoms with van der Waals surface area (Å²) >= 11 is 6.19. The molecule has 0 amide bonds. The van der Waals surface area contributed by atoms with Crippen LogP contribution in [-0.2, 0) is 6.54 Å². The van der Waals surface area contributed by atoms with Crippen LogP contribution in [0.15, 0.2) is 49.3 Å². The van der Waals surface area contributed by atoms with E-state index >= 15 is 0 Å². The lowest BCUT2D eigenvalue weighted by Crippen LogP contribution is -2.01. The number of anilines is 2. The number of hydrogen-bond acceptors (Lipinski definition) is 5. The third-order valence-corrected chi connectivity index (χ3v) is 4.16. The number of halogens is 1. The number of benzene rings is 1. The van der Waals surface area contributed by atoms with E-state index in [1.54, 1.807) is 32.0 Å². The molecule has 0 aliphatic heterocycles. The Morgan fingerprint density at radius 1 is 1.28 bits per heavy atom. The Kier molecular flexibility index (Phi) is 3.99. The summed E-state index contributed by atoms with van der Waals surface area (Å²) in [4.78, 5) is 15.9. The van der Waals surface area contributed by atoms with Crippen molar-refractivity contribution < 1.29 is 4.74 Å². The van der Waals surface area contributed by atoms with Crippen molar-refractivity contribution in [2.24, 2.45) is 0 Å². The van der Waals surface area contributed by atoms with Crippen molar-refractivity contribution in [3.8, 4) is 5.75 Å². The summed E-state index contributed by atoms with van der Waals surface area (Å²) in [5.41, 5.74) is 2.67. The van der Waals surface area contributed by atoms with Gasteiger partial charge in [-0.25, -0.2) is 15.0 Å². The van der Waals surface area contributed by atoms with Gasteiger partial charge in [0.05, 0.1) is 36.1 Å². The van der Waals surface area contributed by atoms with Crippen molar-refractivity contribution in [3.63, 3.8) is 0 Å². The molecule has 0 aliphatic carbocycles. The average Bonchev–Trinajstić information content (AvgIpc) is 3.27. The van der Waals surface area contributed by atoms with Crippen LogP contribution in [0.5, 0.6) is 5.75 Å². The number of H-pyrrole nitrogens is 1. The molecule has 0 fully saturated rings. The quantitative estimate of drug-likeness (QED) is 0.572. The molecule has 126 valence electrons. The Bertz CT molecular complexity index is 1010. The van der Waals surface area contributed by atoms with Gasteiger partial charge in [0, 0.05) is 18.1 Å². The van der Waals surface area contributed by atoms with E-state index in [1.807, 2.05) is 29.0 Å². The van der Waals surface area contributed by atoms with Crippen molar-refractivity contribution in [1.29, 1.82) is 0 Å². The summed E-state index contributed by atoms with van der Waals surface area (Å²) in [6.07, 6.45) is 6.98. The van der Waals surface area contributed by atoms with E-state index in [9.17, 15) is 0 Å². The smallest absolute Gasteiger partial charge is 0.145 e. The summed E-state index contributed by atoms with van der Waals surface area (Å²) in [6, 6.07) is 7.49. The maximum Gasteiger partial charge on any atom is 0.145 e. The van der Waals surface area contributed by atoms with E-state index in [0.717, 1.165) is 28.2 Å². The van der Waals surface area contributed by atoms with Crippen LogP contribution < -0.4 is 10.1 Å². The van der Waals surface area contributed by atoms with Crippen LogP contribution in [0.2, 0.25) is 5.02 Å². The van der Waals surface area contributed by atoms with Gasteiger partial charge in [-0.1, -0.05) is 11.6 Å². The highest BCUT2D eigenvalue weighted by molar-refractivity contribution is 6.32. The van der Waals surface area contributed by atoms with Crippen molar-refractivity contribution in [1.82, 2.24) is 24.5 Å². The average molecular weight is 355 g/mol. The van der Waals surface area contributed by atoms with Crippen LogP contribution in [0.1, 0.15) is 5.69 Å². The number of methoxy groups -OCH3 is 1. The second-order valence-corrected chi connectivity index (χ2v) is 5.86. The first kappa shape index (κ1) is 15.5. The highest BCUT2D eigenvalue weighted by atomic mass is 35.5. The van der Waals surface area contributed by atoms with Crippen LogP contribution in [0.4, 0.5) is 11.5 Å². The fourth-order valence-electron chi connectivity index (χ4n) is 2.67. The maximum atomic E-state index is 6.19. The summed E-state index contributed by atoms with van der Waals surface area (Å²) in [7, 11) is 1.59. The molecule has 0 atom stereocenters. The molecule has 25 heavy (non-hydrogen) atoms. The Morgan fingerprint density at radius 2 is 2.20 bits per heavy atom. The lowest BCUT2D eigenvalue weighted by molar-refractivity contribution is 0.415. The summed E-state index contributed by atoms with van der Waals surface area (Å²) in [5.74, 6) is 1.35. The third-order valence-electron chi connectivity index (χ3n) is 3.87. The number of fused-ring (bicyclic) bond motifs is 1. The Balaban J connectivity index is 1.66. The van der Waals surface area contributed by atoms with E-state index in [4.69, 9.17) is 16.3 Å². The maximum absolute atomic E-state index is 6.19. The van der Waals surface area contributed by atoms with Gasteiger partial charge in [-0.3, -0.25) is 0 Å². The predicted molar refractivity (Wildman–Crippen MR) is 96.5 cm³/mol. The molecule has 3 heterocycles. The Morgan fingerprint density at radius 3 is 2.96 bits per heavy atom. The molecule has 0 radical (unpaired) electrons. The first-order chi connectivity index (χ1) is 12.2. The van der Waals surface area contributed by atoms with Crippen molar-refractivity contribution in [2.75, 3.05) is 12.4 Å². The highest BCUT2D eigenvalue weighted by Gasteiger charge is 2.10. The molecule has 7 nitrogen and oxygen atoms in total. The molecular formula is C17H15ClN6O. The molecule has 3 aromatic heterocycles. The molecular weight excluding hydrogens is 340 g/mol. The zero-order valence-corrected chi connectivity index (χ0v) is 14.2. The van der Waals surface area contributed by atoms with Gasteiger partial charge in [-0.2, -0.15) is 0 Å². The molecule has 0 saturated carbocycles. The minimum absolute atomic E-state index is 0.537. The van der Waals surface area contributed by atoms with E-state index < -0.39 is 0 Å². The first-order valence-corrected chi connectivity index (χ1v) is 8.00. The van der Waals surface area contributed by atoms with E-state index in [0.29, 0.717) is 17.3 Å². The van der Waals surface area contributed by atoms with E-state index in [2.05, 4.69) is 25.3 Å². The lowest BCUT2D eigenvalue weighted by atomic mass is 10.3. The second-order valence-electron chi connectivity index (χ2n) is 5.45. The Labute approximate surface area is 148 Å². The predicted octanol–water partition coefficient (Wildman–Crippen LogP) is 3.61. The van der Waals surface area contributed by atoms with Gasteiger partial charge in [-0.15, -0.1) is 0 Å². The molecule has 2 N–H and O–H groups in total. The zero-order chi connectivity index (χ0) is 17.2. The minimum Gasteiger partial charge on any atom is -0.495 e. The van der Waals surface area contributed by atoms with Gasteiger partial charge in [0.25, 0.3) is 0 Å². The van der Waals surface area contributed by atoms with Crippen LogP contribution >= 0.6 is 11.6 Å². The van der Waals surface area contributed by atoms with E-state index in [1.165, 1.54) is 0 Å². The number of aromatic amines is 1. The monoisotopic (exact) mass is 354 g/mol. The molecule has 0 spiro atoms. The largest absolute Gasteiger partial charge is 0.495 e. The Hall–Kier alpha value is -3.06. The number of nitrogens with zero attached hydrogens (tertiary/aromatic N) is 4. The van der Waals surface area contributed by atoms with Gasteiger partial charge in [0.2, 0.25) is 0 Å². The number of aromatic nitrogens is 5. The number of imidazole rings is 1. The summed E-state index contributed by atoms with van der Waals surface area (Å²) in [5, 5.41) is 4.75. The topological polar surface area (TPSA) is 80.7 Å². The molecule has 0 bridgehead atoms. The SMILES string of the molecule is COc1ccc(Nc2ncnc3c2ccn3Cc2cnc[nH]2)cc1Cl. The fraction of sp³-hybridized carbons (Fsp3) is 0.118. The molecule has 4 aromatic rings.